The van der Waals surface area contributed by atoms with E-state index >= 15 is 0 Å². The van der Waals surface area contributed by atoms with Crippen molar-refractivity contribution in [1.29, 1.82) is 0 Å². The van der Waals surface area contributed by atoms with E-state index in [0.29, 0.717) is 48.3 Å². The summed E-state index contributed by atoms with van der Waals surface area (Å²) in [6.45, 7) is 4.80. The molecule has 13 nitrogen and oxygen atoms in total. The summed E-state index contributed by atoms with van der Waals surface area (Å²) in [5, 5.41) is 26.5. The van der Waals surface area contributed by atoms with Crippen molar-refractivity contribution in [2.45, 2.75) is 64.0 Å². The highest BCUT2D eigenvalue weighted by Gasteiger charge is 2.29. The Balaban J connectivity index is 1.16. The maximum Gasteiger partial charge on any atom is 0.251 e. The fraction of sp³-hybridized carbons (Fsp3) is 0.421. The van der Waals surface area contributed by atoms with Gasteiger partial charge in [0.1, 0.15) is 11.8 Å². The van der Waals surface area contributed by atoms with Crippen molar-refractivity contribution in [2.24, 2.45) is 17.6 Å². The number of amides is 3. The van der Waals surface area contributed by atoms with Crippen molar-refractivity contribution in [3.05, 3.63) is 77.9 Å². The van der Waals surface area contributed by atoms with E-state index in [1.807, 2.05) is 43.3 Å². The van der Waals surface area contributed by atoms with Crippen LogP contribution in [0.4, 0.5) is 5.69 Å². The smallest absolute Gasteiger partial charge is 0.251 e. The molecule has 1 aromatic heterocycles. The van der Waals surface area contributed by atoms with E-state index in [9.17, 15) is 14.4 Å². The predicted molar refractivity (Wildman–Crippen MR) is 195 cm³/mol. The lowest BCUT2D eigenvalue weighted by atomic mass is 9.81. The molecule has 0 unspecified atom stereocenters. The lowest BCUT2D eigenvalue weighted by Gasteiger charge is -2.28. The molecule has 2 aliphatic rings. The number of tetrazole rings is 1. The minimum atomic E-state index is -0.802. The summed E-state index contributed by atoms with van der Waals surface area (Å²) in [5.41, 5.74) is 10.4. The number of benzene rings is 3. The monoisotopic (exact) mass is 693 g/mol. The number of nitrogens with zero attached hydrogens (tertiary/aromatic N) is 3. The topological polar surface area (TPSA) is 189 Å². The minimum Gasteiger partial charge on any atom is -0.493 e. The highest BCUT2D eigenvalue weighted by Crippen LogP contribution is 2.32. The van der Waals surface area contributed by atoms with Gasteiger partial charge in [0.05, 0.1) is 6.61 Å². The average Bonchev–Trinajstić information content (AvgIpc) is 3.71. The van der Waals surface area contributed by atoms with Crippen LogP contribution < -0.4 is 31.7 Å². The van der Waals surface area contributed by atoms with Gasteiger partial charge >= 0.3 is 0 Å². The zero-order valence-electron chi connectivity index (χ0n) is 29.0. The van der Waals surface area contributed by atoms with E-state index < -0.39 is 6.04 Å². The molecule has 1 saturated heterocycles. The summed E-state index contributed by atoms with van der Waals surface area (Å²) < 4.78 is 5.99. The van der Waals surface area contributed by atoms with E-state index in [0.717, 1.165) is 73.9 Å². The van der Waals surface area contributed by atoms with Gasteiger partial charge in [0, 0.05) is 40.8 Å². The number of nitrogens with two attached hydrogens (primary N) is 1. The molecule has 1 atom stereocenters. The van der Waals surface area contributed by atoms with E-state index in [-0.39, 0.29) is 29.7 Å². The minimum absolute atomic E-state index is 0.105. The molecule has 2 heterocycles. The third kappa shape index (κ3) is 9.35. The molecule has 7 N–H and O–H groups in total. The van der Waals surface area contributed by atoms with Crippen LogP contribution in [0.2, 0.25) is 0 Å². The lowest BCUT2D eigenvalue weighted by Crippen LogP contribution is -2.48. The summed E-state index contributed by atoms with van der Waals surface area (Å²) in [6, 6.07) is 19.9. The highest BCUT2D eigenvalue weighted by atomic mass is 16.5. The number of nitrogens with one attached hydrogen (secondary N) is 5. The van der Waals surface area contributed by atoms with Crippen molar-refractivity contribution < 1.29 is 19.1 Å². The number of carbonyl (C=O) groups is 3. The van der Waals surface area contributed by atoms with Crippen molar-refractivity contribution in [1.82, 2.24) is 36.6 Å². The summed E-state index contributed by atoms with van der Waals surface area (Å²) >= 11 is 0. The Morgan fingerprint density at radius 3 is 2.31 bits per heavy atom. The van der Waals surface area contributed by atoms with Gasteiger partial charge < -0.3 is 31.7 Å². The fourth-order valence-corrected chi connectivity index (χ4v) is 6.84. The zero-order valence-corrected chi connectivity index (χ0v) is 29.0. The quantitative estimate of drug-likeness (QED) is 0.121. The van der Waals surface area contributed by atoms with Crippen LogP contribution >= 0.6 is 0 Å². The number of hydrogen-bond donors (Lipinski definition) is 6. The van der Waals surface area contributed by atoms with Crippen LogP contribution in [0.25, 0.3) is 22.5 Å². The van der Waals surface area contributed by atoms with Crippen molar-refractivity contribution in [3.8, 4) is 28.3 Å². The summed E-state index contributed by atoms with van der Waals surface area (Å²) in [6.07, 6.45) is 5.45. The van der Waals surface area contributed by atoms with Gasteiger partial charge in [0.25, 0.3) is 5.91 Å². The van der Waals surface area contributed by atoms with Crippen LogP contribution in [0.15, 0.2) is 66.7 Å². The zero-order chi connectivity index (χ0) is 35.6. The average molecular weight is 694 g/mol. The summed E-state index contributed by atoms with van der Waals surface area (Å²) in [4.78, 5) is 40.2. The number of H-pyrrole nitrogens is 1. The molecule has 4 aromatic rings. The van der Waals surface area contributed by atoms with Crippen LogP contribution in [0.3, 0.4) is 0 Å². The number of anilines is 1. The molecule has 1 saturated carbocycles. The second-order valence-electron chi connectivity index (χ2n) is 13.4. The largest absolute Gasteiger partial charge is 0.493 e. The molecule has 2 fully saturated rings. The molecule has 0 spiro atoms. The Labute approximate surface area is 297 Å². The van der Waals surface area contributed by atoms with E-state index in [4.69, 9.17) is 10.5 Å². The molecule has 3 aromatic carbocycles. The van der Waals surface area contributed by atoms with Crippen molar-refractivity contribution in [3.63, 3.8) is 0 Å². The Morgan fingerprint density at radius 2 is 1.65 bits per heavy atom. The molecule has 1 aliphatic heterocycles. The van der Waals surface area contributed by atoms with Crippen LogP contribution in [0.5, 0.6) is 5.75 Å². The number of aromatic nitrogens is 4. The van der Waals surface area contributed by atoms with E-state index in [2.05, 4.69) is 41.9 Å². The standard InChI is InChI=1S/C38H47N9O4/c1-2-51-34-22-29(37(49)41-31-17-19-40-20-18-31)13-16-32(34)26-7-3-24(4-8-26)21-33(43-36(48)28-9-5-25(23-39)6-10-28)38(50)42-30-14-11-27(12-15-30)35-44-46-47-45-35/h3-4,7-8,11-16,22,25,28,31,33,40H,2,5-6,9-10,17-21,23,39H2,1H3,(H,41,49)(H,42,50)(H,43,48)(H,44,45,46,47)/t25-,28-,33-/m0/s1. The van der Waals surface area contributed by atoms with Crippen LogP contribution in [-0.4, -0.2) is 76.7 Å². The third-order valence-electron chi connectivity index (χ3n) is 9.86. The molecule has 0 radical (unpaired) electrons. The van der Waals surface area contributed by atoms with E-state index in [1.165, 1.54) is 0 Å². The van der Waals surface area contributed by atoms with E-state index in [1.54, 1.807) is 30.3 Å². The van der Waals surface area contributed by atoms with Gasteiger partial charge in [0.15, 0.2) is 0 Å². The summed E-state index contributed by atoms with van der Waals surface area (Å²) in [5.74, 6) is 0.842. The van der Waals surface area contributed by atoms with Gasteiger partial charge in [-0.1, -0.05) is 24.3 Å². The number of carbonyl (C=O) groups excluding carboxylic acids is 3. The number of hydrogen-bond acceptors (Lipinski definition) is 9. The molecule has 13 heteroatoms. The van der Waals surface area contributed by atoms with Gasteiger partial charge in [-0.3, -0.25) is 14.4 Å². The second-order valence-corrected chi connectivity index (χ2v) is 13.4. The Kier molecular flexibility index (Phi) is 12.0. The summed E-state index contributed by atoms with van der Waals surface area (Å²) in [7, 11) is 0. The van der Waals surface area contributed by atoms with Crippen LogP contribution in [0, 0.1) is 11.8 Å². The Hall–Kier alpha value is -5.14. The Morgan fingerprint density at radius 1 is 0.922 bits per heavy atom. The molecule has 268 valence electrons. The van der Waals surface area contributed by atoms with Gasteiger partial charge in [0.2, 0.25) is 17.6 Å². The van der Waals surface area contributed by atoms with Gasteiger partial charge in [-0.25, -0.2) is 0 Å². The number of rotatable bonds is 13. The normalized spacial score (nSPS) is 18.4. The van der Waals surface area contributed by atoms with Crippen LogP contribution in [0.1, 0.15) is 61.4 Å². The molecular weight excluding hydrogens is 646 g/mol. The Bertz CT molecular complexity index is 1750. The highest BCUT2D eigenvalue weighted by molar-refractivity contribution is 5.98. The van der Waals surface area contributed by atoms with Gasteiger partial charge in [-0.15, -0.1) is 10.2 Å². The first-order valence-electron chi connectivity index (χ1n) is 17.9. The molecule has 6 rings (SSSR count). The first kappa shape index (κ1) is 35.7. The number of aromatic amines is 1. The molecule has 51 heavy (non-hydrogen) atoms. The predicted octanol–water partition coefficient (Wildman–Crippen LogP) is 3.85. The van der Waals surface area contributed by atoms with Crippen molar-refractivity contribution in [2.75, 3.05) is 31.6 Å². The second kappa shape index (κ2) is 17.2. The van der Waals surface area contributed by atoms with Gasteiger partial charge in [-0.05, 0) is 130 Å². The number of piperidine rings is 1. The first-order chi connectivity index (χ1) is 24.9. The SMILES string of the molecule is CCOc1cc(C(=O)NC2CCNCC2)ccc1-c1ccc(C[C@H](NC(=O)[C@H]2CC[C@H](CN)CC2)C(=O)Nc2ccc(-c3nn[nH]n3)cc2)cc1. The maximum absolute atomic E-state index is 13.7. The molecule has 0 bridgehead atoms. The van der Waals surface area contributed by atoms with Crippen LogP contribution in [-0.2, 0) is 16.0 Å². The fourth-order valence-electron chi connectivity index (χ4n) is 6.84. The van der Waals surface area contributed by atoms with Crippen molar-refractivity contribution >= 4 is 23.4 Å². The molecular formula is C38H47N9O4. The lowest BCUT2D eigenvalue weighted by molar-refractivity contribution is -0.130. The molecule has 1 aliphatic carbocycles. The van der Waals surface area contributed by atoms with Gasteiger partial charge in [-0.2, -0.15) is 5.21 Å². The first-order valence-corrected chi connectivity index (χ1v) is 17.9. The number of ether oxygens (including phenoxy) is 1. The third-order valence-corrected chi connectivity index (χ3v) is 9.86. The maximum atomic E-state index is 13.7. The molecule has 3 amide bonds.